The molecule has 0 spiro atoms. The molecule has 92 valence electrons. The highest BCUT2D eigenvalue weighted by Gasteiger charge is 2.12. The summed E-state index contributed by atoms with van der Waals surface area (Å²) in [7, 11) is 1.98. The number of nitrogens with one attached hydrogen (secondary N) is 1. The number of ether oxygens (including phenoxy) is 2. The SMILES string of the molecule is CCCCOCCOC(C)C(CC)NC. The lowest BCUT2D eigenvalue weighted by atomic mass is 10.1. The number of rotatable bonds is 10. The van der Waals surface area contributed by atoms with Crippen molar-refractivity contribution in [2.45, 2.75) is 52.2 Å². The molecule has 0 fully saturated rings. The third kappa shape index (κ3) is 7.77. The molecule has 2 atom stereocenters. The van der Waals surface area contributed by atoms with Gasteiger partial charge in [0.25, 0.3) is 0 Å². The van der Waals surface area contributed by atoms with Gasteiger partial charge in [-0.15, -0.1) is 0 Å². The minimum Gasteiger partial charge on any atom is -0.379 e. The summed E-state index contributed by atoms with van der Waals surface area (Å²) in [4.78, 5) is 0. The second kappa shape index (κ2) is 10.4. The first-order chi connectivity index (χ1) is 7.26. The van der Waals surface area contributed by atoms with Crippen LogP contribution in [-0.4, -0.2) is 39.0 Å². The highest BCUT2D eigenvalue weighted by atomic mass is 16.5. The molecule has 0 aromatic heterocycles. The van der Waals surface area contributed by atoms with Gasteiger partial charge in [0.05, 0.1) is 19.3 Å². The molecule has 0 aromatic carbocycles. The molecule has 3 nitrogen and oxygen atoms in total. The topological polar surface area (TPSA) is 30.5 Å². The van der Waals surface area contributed by atoms with E-state index in [1.807, 2.05) is 7.05 Å². The second-order valence-electron chi connectivity index (χ2n) is 3.85. The average Bonchev–Trinajstić information content (AvgIpc) is 2.25. The standard InChI is InChI=1S/C12H27NO2/c1-5-7-8-14-9-10-15-11(3)12(6-2)13-4/h11-13H,5-10H2,1-4H3. The molecule has 0 amide bonds. The summed E-state index contributed by atoms with van der Waals surface area (Å²) in [6.45, 7) is 8.71. The minimum atomic E-state index is 0.259. The smallest absolute Gasteiger partial charge is 0.0704 e. The van der Waals surface area contributed by atoms with E-state index < -0.39 is 0 Å². The maximum absolute atomic E-state index is 5.68. The molecular weight excluding hydrogens is 190 g/mol. The number of hydrogen-bond donors (Lipinski definition) is 1. The van der Waals surface area contributed by atoms with Crippen LogP contribution in [-0.2, 0) is 9.47 Å². The maximum atomic E-state index is 5.68. The van der Waals surface area contributed by atoms with Crippen LogP contribution in [0.5, 0.6) is 0 Å². The van der Waals surface area contributed by atoms with Crippen molar-refractivity contribution in [1.82, 2.24) is 5.32 Å². The monoisotopic (exact) mass is 217 g/mol. The maximum Gasteiger partial charge on any atom is 0.0704 e. The van der Waals surface area contributed by atoms with E-state index in [1.54, 1.807) is 0 Å². The zero-order valence-corrected chi connectivity index (χ0v) is 10.7. The van der Waals surface area contributed by atoms with Crippen LogP contribution in [0.25, 0.3) is 0 Å². The fourth-order valence-corrected chi connectivity index (χ4v) is 1.53. The van der Waals surface area contributed by atoms with Crippen LogP contribution >= 0.6 is 0 Å². The first-order valence-electron chi connectivity index (χ1n) is 6.12. The normalized spacial score (nSPS) is 15.2. The molecule has 0 radical (unpaired) electrons. The van der Waals surface area contributed by atoms with Crippen LogP contribution < -0.4 is 5.32 Å². The van der Waals surface area contributed by atoms with Crippen molar-refractivity contribution in [2.24, 2.45) is 0 Å². The van der Waals surface area contributed by atoms with Gasteiger partial charge in [-0.25, -0.2) is 0 Å². The predicted octanol–water partition coefficient (Wildman–Crippen LogP) is 2.21. The fraction of sp³-hybridized carbons (Fsp3) is 1.00. The Morgan fingerprint density at radius 1 is 1.13 bits per heavy atom. The highest BCUT2D eigenvalue weighted by molar-refractivity contribution is 4.69. The second-order valence-corrected chi connectivity index (χ2v) is 3.85. The quantitative estimate of drug-likeness (QED) is 0.569. The van der Waals surface area contributed by atoms with E-state index in [9.17, 15) is 0 Å². The van der Waals surface area contributed by atoms with E-state index in [-0.39, 0.29) is 6.10 Å². The lowest BCUT2D eigenvalue weighted by Gasteiger charge is -2.22. The molecule has 0 saturated carbocycles. The summed E-state index contributed by atoms with van der Waals surface area (Å²) in [6.07, 6.45) is 3.68. The molecule has 0 aromatic rings. The van der Waals surface area contributed by atoms with Crippen molar-refractivity contribution in [3.8, 4) is 0 Å². The Morgan fingerprint density at radius 2 is 1.87 bits per heavy atom. The molecule has 1 N–H and O–H groups in total. The van der Waals surface area contributed by atoms with Gasteiger partial charge in [-0.05, 0) is 26.8 Å². The molecular formula is C12H27NO2. The van der Waals surface area contributed by atoms with Gasteiger partial charge in [-0.1, -0.05) is 20.3 Å². The van der Waals surface area contributed by atoms with E-state index in [0.29, 0.717) is 19.3 Å². The van der Waals surface area contributed by atoms with E-state index in [2.05, 4.69) is 26.1 Å². The Balaban J connectivity index is 3.33. The van der Waals surface area contributed by atoms with Crippen LogP contribution in [0, 0.1) is 0 Å². The Hall–Kier alpha value is -0.120. The molecule has 0 aliphatic heterocycles. The van der Waals surface area contributed by atoms with Crippen molar-refractivity contribution in [2.75, 3.05) is 26.9 Å². The van der Waals surface area contributed by atoms with Crippen LogP contribution in [0.3, 0.4) is 0 Å². The molecule has 15 heavy (non-hydrogen) atoms. The van der Waals surface area contributed by atoms with E-state index in [1.165, 1.54) is 6.42 Å². The zero-order chi connectivity index (χ0) is 11.5. The van der Waals surface area contributed by atoms with Gasteiger partial charge in [0.2, 0.25) is 0 Å². The summed E-state index contributed by atoms with van der Waals surface area (Å²) >= 11 is 0. The van der Waals surface area contributed by atoms with Gasteiger partial charge in [0.1, 0.15) is 0 Å². The third-order valence-corrected chi connectivity index (χ3v) is 2.63. The molecule has 2 unspecified atom stereocenters. The van der Waals surface area contributed by atoms with Crippen LogP contribution in [0.15, 0.2) is 0 Å². The summed E-state index contributed by atoms with van der Waals surface area (Å²) in [6, 6.07) is 0.445. The van der Waals surface area contributed by atoms with Crippen molar-refractivity contribution >= 4 is 0 Å². The van der Waals surface area contributed by atoms with E-state index >= 15 is 0 Å². The van der Waals surface area contributed by atoms with Gasteiger partial charge in [0, 0.05) is 12.6 Å². The van der Waals surface area contributed by atoms with Crippen molar-refractivity contribution in [3.63, 3.8) is 0 Å². The molecule has 0 rings (SSSR count). The van der Waals surface area contributed by atoms with Gasteiger partial charge in [-0.2, -0.15) is 0 Å². The minimum absolute atomic E-state index is 0.259. The summed E-state index contributed by atoms with van der Waals surface area (Å²) in [5.41, 5.74) is 0. The van der Waals surface area contributed by atoms with Gasteiger partial charge >= 0.3 is 0 Å². The largest absolute Gasteiger partial charge is 0.379 e. The Kier molecular flexibility index (Phi) is 10.3. The first kappa shape index (κ1) is 14.9. The lowest BCUT2D eigenvalue weighted by molar-refractivity contribution is -0.00301. The predicted molar refractivity (Wildman–Crippen MR) is 64.3 cm³/mol. The summed E-state index contributed by atoms with van der Waals surface area (Å²) in [5.74, 6) is 0. The molecule has 3 heteroatoms. The Morgan fingerprint density at radius 3 is 2.40 bits per heavy atom. The summed E-state index contributed by atoms with van der Waals surface area (Å²) in [5, 5.41) is 3.25. The van der Waals surface area contributed by atoms with Crippen molar-refractivity contribution in [3.05, 3.63) is 0 Å². The Bertz CT molecular complexity index is 127. The van der Waals surface area contributed by atoms with Crippen LogP contribution in [0.4, 0.5) is 0 Å². The number of likely N-dealkylation sites (N-methyl/N-ethyl adjacent to an activating group) is 1. The average molecular weight is 217 g/mol. The van der Waals surface area contributed by atoms with E-state index in [4.69, 9.17) is 9.47 Å². The Labute approximate surface area is 94.5 Å². The van der Waals surface area contributed by atoms with Gasteiger partial charge < -0.3 is 14.8 Å². The first-order valence-corrected chi connectivity index (χ1v) is 6.12. The molecule has 0 heterocycles. The van der Waals surface area contributed by atoms with Crippen molar-refractivity contribution in [1.29, 1.82) is 0 Å². The van der Waals surface area contributed by atoms with Crippen molar-refractivity contribution < 1.29 is 9.47 Å². The van der Waals surface area contributed by atoms with Gasteiger partial charge in [-0.3, -0.25) is 0 Å². The fourth-order valence-electron chi connectivity index (χ4n) is 1.53. The van der Waals surface area contributed by atoms with Crippen LogP contribution in [0.1, 0.15) is 40.0 Å². The number of hydrogen-bond acceptors (Lipinski definition) is 3. The van der Waals surface area contributed by atoms with Gasteiger partial charge in [0.15, 0.2) is 0 Å². The van der Waals surface area contributed by atoms with Crippen LogP contribution in [0.2, 0.25) is 0 Å². The number of unbranched alkanes of at least 4 members (excludes halogenated alkanes) is 1. The molecule has 0 saturated heterocycles. The summed E-state index contributed by atoms with van der Waals surface area (Å²) < 4.78 is 11.1. The highest BCUT2D eigenvalue weighted by Crippen LogP contribution is 2.02. The molecule has 0 aliphatic rings. The zero-order valence-electron chi connectivity index (χ0n) is 10.7. The third-order valence-electron chi connectivity index (χ3n) is 2.63. The molecule has 0 aliphatic carbocycles. The molecule has 0 bridgehead atoms. The van der Waals surface area contributed by atoms with E-state index in [0.717, 1.165) is 19.4 Å². The lowest BCUT2D eigenvalue weighted by Crippen LogP contribution is -2.37.